The van der Waals surface area contributed by atoms with Crippen molar-refractivity contribution in [3.8, 4) is 0 Å². The number of amides is 1. The molecule has 0 bridgehead atoms. The minimum absolute atomic E-state index is 0.135. The van der Waals surface area contributed by atoms with E-state index in [4.69, 9.17) is 0 Å². The number of hydrogen-bond donors (Lipinski definition) is 1. The summed E-state index contributed by atoms with van der Waals surface area (Å²) < 4.78 is 0. The number of likely N-dealkylation sites (tertiary alicyclic amines) is 3. The zero-order valence-electron chi connectivity index (χ0n) is 18.0. The standard InChI is InChI=1S/C22H40N4O/c1-18(2)24-10-5-21(17-24)6-11-25(12-7-21)20(3,4)26-13-8-22(9-14-26)15-19(27)23-16-22/h18H,5-17H2,1-4H3,(H,23,27). The van der Waals surface area contributed by atoms with Crippen LogP contribution in [0.5, 0.6) is 0 Å². The molecule has 0 saturated carbocycles. The summed E-state index contributed by atoms with van der Waals surface area (Å²) in [6, 6.07) is 0.691. The first-order chi connectivity index (χ1) is 12.7. The molecule has 0 atom stereocenters. The van der Waals surface area contributed by atoms with Crippen LogP contribution in [0.15, 0.2) is 0 Å². The molecule has 2 spiro atoms. The zero-order chi connectivity index (χ0) is 19.3. The molecule has 4 rings (SSSR count). The Morgan fingerprint density at radius 2 is 1.41 bits per heavy atom. The summed E-state index contributed by atoms with van der Waals surface area (Å²) in [6.07, 6.45) is 7.19. The van der Waals surface area contributed by atoms with E-state index in [1.165, 1.54) is 45.4 Å². The number of rotatable bonds is 3. The van der Waals surface area contributed by atoms with Crippen LogP contribution in [0.1, 0.15) is 66.2 Å². The number of nitrogens with one attached hydrogen (secondary N) is 1. The van der Waals surface area contributed by atoms with Crippen molar-refractivity contribution in [3.63, 3.8) is 0 Å². The highest BCUT2D eigenvalue weighted by atomic mass is 16.1. The lowest BCUT2D eigenvalue weighted by Crippen LogP contribution is -2.62. The Balaban J connectivity index is 1.32. The van der Waals surface area contributed by atoms with Crippen LogP contribution >= 0.6 is 0 Å². The van der Waals surface area contributed by atoms with Gasteiger partial charge in [0.2, 0.25) is 5.91 Å². The predicted molar refractivity (Wildman–Crippen MR) is 110 cm³/mol. The Labute approximate surface area is 165 Å². The summed E-state index contributed by atoms with van der Waals surface area (Å²) in [5.74, 6) is 0.260. The fraction of sp³-hybridized carbons (Fsp3) is 0.955. The molecule has 5 nitrogen and oxygen atoms in total. The van der Waals surface area contributed by atoms with E-state index < -0.39 is 0 Å². The molecule has 4 aliphatic rings. The Bertz CT molecular complexity index is 557. The van der Waals surface area contributed by atoms with Gasteiger partial charge in [0.05, 0.1) is 5.66 Å². The molecule has 4 aliphatic heterocycles. The second kappa shape index (κ2) is 7.00. The monoisotopic (exact) mass is 376 g/mol. The lowest BCUT2D eigenvalue weighted by atomic mass is 9.76. The lowest BCUT2D eigenvalue weighted by Gasteiger charge is -2.53. The molecule has 1 amide bonds. The Morgan fingerprint density at radius 1 is 0.889 bits per heavy atom. The summed E-state index contributed by atoms with van der Waals surface area (Å²) in [5, 5.41) is 3.06. The van der Waals surface area contributed by atoms with Crippen molar-refractivity contribution in [3.05, 3.63) is 0 Å². The molecule has 27 heavy (non-hydrogen) atoms. The van der Waals surface area contributed by atoms with Gasteiger partial charge in [-0.15, -0.1) is 0 Å². The summed E-state index contributed by atoms with van der Waals surface area (Å²) in [6.45, 7) is 17.8. The van der Waals surface area contributed by atoms with Gasteiger partial charge in [-0.3, -0.25) is 14.6 Å². The van der Waals surface area contributed by atoms with Gasteiger partial charge in [0.1, 0.15) is 0 Å². The average Bonchev–Trinajstić information content (AvgIpc) is 3.20. The van der Waals surface area contributed by atoms with Crippen LogP contribution in [-0.2, 0) is 4.79 Å². The van der Waals surface area contributed by atoms with E-state index in [0.717, 1.165) is 38.9 Å². The maximum Gasteiger partial charge on any atom is 0.220 e. The minimum Gasteiger partial charge on any atom is -0.356 e. The normalized spacial score (nSPS) is 29.9. The van der Waals surface area contributed by atoms with E-state index in [0.29, 0.717) is 11.5 Å². The van der Waals surface area contributed by atoms with Crippen molar-refractivity contribution in [1.82, 2.24) is 20.0 Å². The lowest BCUT2D eigenvalue weighted by molar-refractivity contribution is -0.120. The summed E-state index contributed by atoms with van der Waals surface area (Å²) in [4.78, 5) is 19.8. The fourth-order valence-corrected chi connectivity index (χ4v) is 6.18. The van der Waals surface area contributed by atoms with Gasteiger partial charge >= 0.3 is 0 Å². The van der Waals surface area contributed by atoms with Crippen molar-refractivity contribution in [2.75, 3.05) is 45.8 Å². The molecule has 4 fully saturated rings. The molecule has 1 N–H and O–H groups in total. The number of carbonyl (C=O) groups excluding carboxylic acids is 1. The first-order valence-corrected chi connectivity index (χ1v) is 11.2. The topological polar surface area (TPSA) is 38.8 Å². The molecule has 0 aromatic rings. The first-order valence-electron chi connectivity index (χ1n) is 11.2. The average molecular weight is 377 g/mol. The van der Waals surface area contributed by atoms with Crippen LogP contribution < -0.4 is 5.32 Å². The number of carbonyl (C=O) groups is 1. The third kappa shape index (κ3) is 3.67. The highest BCUT2D eigenvalue weighted by Gasteiger charge is 2.47. The van der Waals surface area contributed by atoms with Gasteiger partial charge in [-0.1, -0.05) is 0 Å². The van der Waals surface area contributed by atoms with E-state index in [-0.39, 0.29) is 17.0 Å². The Kier molecular flexibility index (Phi) is 5.09. The second-order valence-corrected chi connectivity index (χ2v) is 10.7. The van der Waals surface area contributed by atoms with Gasteiger partial charge in [-0.25, -0.2) is 0 Å². The number of hydrogen-bond acceptors (Lipinski definition) is 4. The van der Waals surface area contributed by atoms with Gasteiger partial charge in [0.15, 0.2) is 0 Å². The van der Waals surface area contributed by atoms with E-state index in [1.807, 2.05) is 0 Å². The minimum atomic E-state index is 0.135. The van der Waals surface area contributed by atoms with Gasteiger partial charge in [0.25, 0.3) is 0 Å². The van der Waals surface area contributed by atoms with Crippen LogP contribution in [0.2, 0.25) is 0 Å². The second-order valence-electron chi connectivity index (χ2n) is 10.7. The molecule has 0 aromatic carbocycles. The van der Waals surface area contributed by atoms with Crippen molar-refractivity contribution in [1.29, 1.82) is 0 Å². The van der Waals surface area contributed by atoms with Gasteiger partial charge < -0.3 is 10.2 Å². The maximum atomic E-state index is 11.7. The maximum absolute atomic E-state index is 11.7. The molecule has 154 valence electrons. The van der Waals surface area contributed by atoms with Crippen LogP contribution in [0.25, 0.3) is 0 Å². The molecule has 5 heteroatoms. The largest absolute Gasteiger partial charge is 0.356 e. The third-order valence-electron chi connectivity index (χ3n) is 8.59. The molecule has 0 aliphatic carbocycles. The molecular formula is C22H40N4O. The quantitative estimate of drug-likeness (QED) is 0.821. The molecule has 4 saturated heterocycles. The third-order valence-corrected chi connectivity index (χ3v) is 8.59. The van der Waals surface area contributed by atoms with Gasteiger partial charge in [0, 0.05) is 51.7 Å². The first kappa shape index (κ1) is 19.7. The van der Waals surface area contributed by atoms with E-state index >= 15 is 0 Å². The molecule has 0 aromatic heterocycles. The molecule has 4 heterocycles. The summed E-state index contributed by atoms with van der Waals surface area (Å²) in [5.41, 5.74) is 0.966. The van der Waals surface area contributed by atoms with Crippen LogP contribution in [-0.4, -0.2) is 78.1 Å². The van der Waals surface area contributed by atoms with Crippen LogP contribution in [0, 0.1) is 10.8 Å². The highest BCUT2D eigenvalue weighted by Crippen LogP contribution is 2.44. The smallest absolute Gasteiger partial charge is 0.220 e. The predicted octanol–water partition coefficient (Wildman–Crippen LogP) is 2.52. The van der Waals surface area contributed by atoms with Crippen LogP contribution in [0.3, 0.4) is 0 Å². The van der Waals surface area contributed by atoms with Crippen molar-refractivity contribution in [2.45, 2.75) is 77.9 Å². The Morgan fingerprint density at radius 3 is 1.85 bits per heavy atom. The zero-order valence-corrected chi connectivity index (χ0v) is 18.0. The fourth-order valence-electron chi connectivity index (χ4n) is 6.18. The highest BCUT2D eigenvalue weighted by molar-refractivity contribution is 5.79. The van der Waals surface area contributed by atoms with Gasteiger partial charge in [-0.2, -0.15) is 0 Å². The van der Waals surface area contributed by atoms with E-state index in [2.05, 4.69) is 47.7 Å². The summed E-state index contributed by atoms with van der Waals surface area (Å²) in [7, 11) is 0. The molecule has 0 unspecified atom stereocenters. The molecular weight excluding hydrogens is 336 g/mol. The van der Waals surface area contributed by atoms with E-state index in [9.17, 15) is 4.79 Å². The molecule has 0 radical (unpaired) electrons. The summed E-state index contributed by atoms with van der Waals surface area (Å²) >= 11 is 0. The SMILES string of the molecule is CC(C)N1CCC2(CCN(C(C)(C)N3CCC4(CC3)CNC(=O)C4)CC2)C1. The van der Waals surface area contributed by atoms with E-state index in [1.54, 1.807) is 0 Å². The van der Waals surface area contributed by atoms with Gasteiger partial charge in [-0.05, 0) is 77.2 Å². The van der Waals surface area contributed by atoms with Crippen molar-refractivity contribution in [2.24, 2.45) is 10.8 Å². The van der Waals surface area contributed by atoms with Crippen molar-refractivity contribution < 1.29 is 4.79 Å². The van der Waals surface area contributed by atoms with Crippen molar-refractivity contribution >= 4 is 5.91 Å². The number of nitrogens with zero attached hydrogens (tertiary/aromatic N) is 3. The van der Waals surface area contributed by atoms with Crippen LogP contribution in [0.4, 0.5) is 0 Å². The number of piperidine rings is 2. The Hall–Kier alpha value is -0.650.